The van der Waals surface area contributed by atoms with Crippen LogP contribution in [0.4, 0.5) is 4.39 Å². The van der Waals surface area contributed by atoms with Crippen molar-refractivity contribution in [2.45, 2.75) is 6.42 Å². The summed E-state index contributed by atoms with van der Waals surface area (Å²) in [6.45, 7) is 0. The number of aromatic nitrogens is 1. The second-order valence-electron chi connectivity index (χ2n) is 3.51. The fraction of sp³-hybridized carbons (Fsp3) is 0.0833. The van der Waals surface area contributed by atoms with Gasteiger partial charge in [-0.3, -0.25) is 4.98 Å². The van der Waals surface area contributed by atoms with Crippen molar-refractivity contribution in [2.75, 3.05) is 0 Å². The van der Waals surface area contributed by atoms with Crippen LogP contribution in [0.3, 0.4) is 0 Å². The van der Waals surface area contributed by atoms with Crippen LogP contribution >= 0.6 is 11.6 Å². The van der Waals surface area contributed by atoms with Crippen molar-refractivity contribution in [2.24, 2.45) is 0 Å². The normalized spacial score (nSPS) is 10.4. The maximum Gasteiger partial charge on any atom is 0.142 e. The molecule has 0 saturated carbocycles. The highest BCUT2D eigenvalue weighted by atomic mass is 35.5. The van der Waals surface area contributed by atoms with Crippen molar-refractivity contribution in [1.29, 1.82) is 0 Å². The lowest BCUT2D eigenvalue weighted by Gasteiger charge is -2.03. The number of hydrogen-bond donors (Lipinski definition) is 0. The van der Waals surface area contributed by atoms with E-state index in [0.717, 1.165) is 11.3 Å². The van der Waals surface area contributed by atoms with Gasteiger partial charge < -0.3 is 0 Å². The van der Waals surface area contributed by atoms with E-state index in [1.807, 2.05) is 6.07 Å². The minimum Gasteiger partial charge on any atom is -0.262 e. The van der Waals surface area contributed by atoms with E-state index in [1.54, 1.807) is 24.4 Å². The van der Waals surface area contributed by atoms with Crippen LogP contribution in [0.15, 0.2) is 36.5 Å². The van der Waals surface area contributed by atoms with Crippen LogP contribution in [0.5, 0.6) is 0 Å². The molecule has 1 nitrogen and oxygen atoms in total. The Morgan fingerprint density at radius 2 is 2.06 bits per heavy atom. The van der Waals surface area contributed by atoms with Crippen LogP contribution in [0.1, 0.15) is 11.3 Å². The summed E-state index contributed by atoms with van der Waals surface area (Å²) in [5, 5.41) is 0.133. The molecule has 0 aliphatic carbocycles. The topological polar surface area (TPSA) is 12.9 Å². The Kier molecular flexibility index (Phi) is 3.25. The van der Waals surface area contributed by atoms with Gasteiger partial charge in [-0.2, -0.15) is 0 Å². The van der Waals surface area contributed by atoms with Crippen molar-refractivity contribution in [1.82, 2.24) is 4.98 Å². The Morgan fingerprint density at radius 3 is 2.69 bits per heavy atom. The third kappa shape index (κ3) is 2.61. The summed E-state index contributed by atoms with van der Waals surface area (Å²) >= 11 is 5.60. The molecule has 16 heavy (non-hydrogen) atoms. The average Bonchev–Trinajstić information content (AvgIpc) is 2.27. The Morgan fingerprint density at radius 1 is 1.25 bits per heavy atom. The first-order valence-corrected chi connectivity index (χ1v) is 5.17. The van der Waals surface area contributed by atoms with E-state index in [-0.39, 0.29) is 5.02 Å². The quantitative estimate of drug-likeness (QED) is 0.723. The van der Waals surface area contributed by atoms with Crippen molar-refractivity contribution in [3.05, 3.63) is 58.6 Å². The highest BCUT2D eigenvalue weighted by molar-refractivity contribution is 6.32. The summed E-state index contributed by atoms with van der Waals surface area (Å²) in [7, 11) is 5.52. The molecule has 2 aromatic rings. The summed E-state index contributed by atoms with van der Waals surface area (Å²) in [6, 6.07) is 8.34. The summed E-state index contributed by atoms with van der Waals surface area (Å²) < 4.78 is 13.2. The maximum atomic E-state index is 13.2. The fourth-order valence-electron chi connectivity index (χ4n) is 1.40. The van der Waals surface area contributed by atoms with Crippen LogP contribution in [-0.4, -0.2) is 12.8 Å². The zero-order chi connectivity index (χ0) is 11.5. The molecule has 0 N–H and O–H groups in total. The van der Waals surface area contributed by atoms with E-state index in [2.05, 4.69) is 4.98 Å². The molecule has 78 valence electrons. The van der Waals surface area contributed by atoms with Crippen molar-refractivity contribution in [3.8, 4) is 0 Å². The van der Waals surface area contributed by atoms with Crippen LogP contribution in [0.25, 0.3) is 0 Å². The molecule has 2 radical (unpaired) electrons. The van der Waals surface area contributed by atoms with Crippen molar-refractivity contribution < 1.29 is 4.39 Å². The number of hydrogen-bond acceptors (Lipinski definition) is 1. The molecule has 2 rings (SSSR count). The highest BCUT2D eigenvalue weighted by Crippen LogP contribution is 2.17. The lowest BCUT2D eigenvalue weighted by molar-refractivity contribution is 0.626. The van der Waals surface area contributed by atoms with Gasteiger partial charge in [0.1, 0.15) is 13.7 Å². The maximum absolute atomic E-state index is 13.2. The lowest BCUT2D eigenvalue weighted by atomic mass is 9.98. The SMILES string of the molecule is [B]c1ccc(Cc2ccc(Cl)c(F)c2)nc1. The minimum atomic E-state index is -0.408. The predicted octanol–water partition coefficient (Wildman–Crippen LogP) is 2.26. The van der Waals surface area contributed by atoms with Gasteiger partial charge in [-0.1, -0.05) is 29.2 Å². The van der Waals surface area contributed by atoms with Gasteiger partial charge in [0.05, 0.1) is 5.02 Å². The average molecular weight is 231 g/mol. The first-order valence-electron chi connectivity index (χ1n) is 4.79. The van der Waals surface area contributed by atoms with Gasteiger partial charge >= 0.3 is 0 Å². The van der Waals surface area contributed by atoms with Gasteiger partial charge in [-0.25, -0.2) is 4.39 Å². The predicted molar refractivity (Wildman–Crippen MR) is 63.8 cm³/mol. The Hall–Kier alpha value is -1.35. The lowest BCUT2D eigenvalue weighted by Crippen LogP contribution is -2.04. The van der Waals surface area contributed by atoms with Gasteiger partial charge in [0.15, 0.2) is 0 Å². The van der Waals surface area contributed by atoms with E-state index in [1.165, 1.54) is 6.07 Å². The molecule has 0 atom stereocenters. The Labute approximate surface area is 99.7 Å². The Balaban J connectivity index is 2.20. The second kappa shape index (κ2) is 4.66. The van der Waals surface area contributed by atoms with Gasteiger partial charge in [-0.15, -0.1) is 0 Å². The number of pyridine rings is 1. The van der Waals surface area contributed by atoms with Crippen LogP contribution in [0.2, 0.25) is 5.02 Å². The molecule has 1 heterocycles. The molecule has 0 fully saturated rings. The third-order valence-corrected chi connectivity index (χ3v) is 2.52. The molecular weight excluding hydrogens is 223 g/mol. The van der Waals surface area contributed by atoms with Crippen LogP contribution < -0.4 is 5.46 Å². The molecule has 1 aromatic heterocycles. The smallest absolute Gasteiger partial charge is 0.142 e. The zero-order valence-corrected chi connectivity index (χ0v) is 9.21. The van der Waals surface area contributed by atoms with Gasteiger partial charge in [-0.05, 0) is 23.8 Å². The summed E-state index contributed by atoms with van der Waals surface area (Å²) in [5.74, 6) is -0.408. The summed E-state index contributed by atoms with van der Waals surface area (Å²) in [6.07, 6.45) is 2.15. The monoisotopic (exact) mass is 231 g/mol. The van der Waals surface area contributed by atoms with Gasteiger partial charge in [0.2, 0.25) is 0 Å². The molecule has 0 aliphatic rings. The summed E-state index contributed by atoms with van der Waals surface area (Å²) in [4.78, 5) is 4.15. The van der Waals surface area contributed by atoms with E-state index < -0.39 is 5.82 Å². The molecule has 0 aliphatic heterocycles. The number of halogens is 2. The highest BCUT2D eigenvalue weighted by Gasteiger charge is 2.02. The first-order chi connectivity index (χ1) is 7.65. The van der Waals surface area contributed by atoms with E-state index in [0.29, 0.717) is 11.9 Å². The van der Waals surface area contributed by atoms with E-state index in [9.17, 15) is 4.39 Å². The second-order valence-corrected chi connectivity index (χ2v) is 3.92. The third-order valence-electron chi connectivity index (χ3n) is 2.22. The van der Waals surface area contributed by atoms with E-state index in [4.69, 9.17) is 19.4 Å². The van der Waals surface area contributed by atoms with E-state index >= 15 is 0 Å². The number of rotatable bonds is 2. The minimum absolute atomic E-state index is 0.133. The van der Waals surface area contributed by atoms with Crippen LogP contribution in [0, 0.1) is 5.82 Å². The summed E-state index contributed by atoms with van der Waals surface area (Å²) in [5.41, 5.74) is 2.29. The Bertz CT molecular complexity index is 499. The molecule has 0 unspecified atom stereocenters. The largest absolute Gasteiger partial charge is 0.262 e. The molecule has 0 bridgehead atoms. The zero-order valence-electron chi connectivity index (χ0n) is 8.45. The van der Waals surface area contributed by atoms with Crippen molar-refractivity contribution in [3.63, 3.8) is 0 Å². The number of benzene rings is 1. The molecule has 0 spiro atoms. The van der Waals surface area contributed by atoms with Gasteiger partial charge in [0.25, 0.3) is 0 Å². The molecule has 1 aromatic carbocycles. The van der Waals surface area contributed by atoms with Gasteiger partial charge in [0, 0.05) is 18.3 Å². The fourth-order valence-corrected chi connectivity index (χ4v) is 1.52. The standard InChI is InChI=1S/C12H8BClFN/c13-9-2-3-10(16-7-9)5-8-1-4-11(14)12(15)6-8/h1-4,6-7H,5H2. The molecule has 0 amide bonds. The van der Waals surface area contributed by atoms with Crippen LogP contribution in [-0.2, 0) is 6.42 Å². The van der Waals surface area contributed by atoms with Crippen molar-refractivity contribution >= 4 is 24.9 Å². The molecule has 0 saturated heterocycles. The first kappa shape index (κ1) is 11.1. The molecule has 4 heteroatoms. The number of nitrogens with zero attached hydrogens (tertiary/aromatic N) is 1. The molecular formula is C12H8BClFN.